The van der Waals surface area contributed by atoms with Gasteiger partial charge in [0.2, 0.25) is 0 Å². The molecule has 5 rings (SSSR count). The number of nitrogens with zero attached hydrogens (tertiary/aromatic N) is 4. The summed E-state index contributed by atoms with van der Waals surface area (Å²) in [6, 6.07) is 26.3. The number of fused-ring (bicyclic) bond motifs is 1. The highest BCUT2D eigenvalue weighted by molar-refractivity contribution is 5.91. The molecular weight excluding hydrogens is 438 g/mol. The first-order chi connectivity index (χ1) is 17.2. The smallest absolute Gasteiger partial charge is 0.322 e. The summed E-state index contributed by atoms with van der Waals surface area (Å²) in [5.74, 6) is 1.75. The Kier molecular flexibility index (Phi) is 6.95. The summed E-state index contributed by atoms with van der Waals surface area (Å²) < 4.78 is 7.95. The number of benzene rings is 3. The Morgan fingerprint density at radius 2 is 1.60 bits per heavy atom. The summed E-state index contributed by atoms with van der Waals surface area (Å²) in [4.78, 5) is 22.1. The highest BCUT2D eigenvalue weighted by Gasteiger charge is 2.23. The van der Waals surface area contributed by atoms with E-state index >= 15 is 0 Å². The fraction of sp³-hybridized carbons (Fsp3) is 0.286. The van der Waals surface area contributed by atoms with Gasteiger partial charge in [0.15, 0.2) is 0 Å². The average molecular weight is 470 g/mol. The van der Waals surface area contributed by atoms with Crippen LogP contribution in [0.3, 0.4) is 0 Å². The van der Waals surface area contributed by atoms with Crippen LogP contribution in [0, 0.1) is 0 Å². The molecule has 0 spiro atoms. The predicted molar refractivity (Wildman–Crippen MR) is 139 cm³/mol. The SMILES string of the molecule is CCOc1ccccc1NC(=O)N1CCN(Cc2nc3ccccc3n2Cc2ccccc2)CC1. The number of hydrogen-bond acceptors (Lipinski definition) is 4. The van der Waals surface area contributed by atoms with E-state index in [-0.39, 0.29) is 6.03 Å². The van der Waals surface area contributed by atoms with E-state index in [1.165, 1.54) is 5.56 Å². The summed E-state index contributed by atoms with van der Waals surface area (Å²) in [7, 11) is 0. The quantitative estimate of drug-likeness (QED) is 0.421. The minimum Gasteiger partial charge on any atom is -0.492 e. The summed E-state index contributed by atoms with van der Waals surface area (Å²) in [6.07, 6.45) is 0. The molecule has 3 aromatic carbocycles. The minimum absolute atomic E-state index is 0.0897. The van der Waals surface area contributed by atoms with Crippen LogP contribution >= 0.6 is 0 Å². The van der Waals surface area contributed by atoms with Gasteiger partial charge in [-0.05, 0) is 36.8 Å². The van der Waals surface area contributed by atoms with E-state index in [2.05, 4.69) is 57.2 Å². The molecule has 1 aromatic heterocycles. The normalized spacial score (nSPS) is 14.3. The number of piperazine rings is 1. The van der Waals surface area contributed by atoms with Gasteiger partial charge in [-0.15, -0.1) is 0 Å². The number of aromatic nitrogens is 2. The van der Waals surface area contributed by atoms with Crippen molar-refractivity contribution in [2.75, 3.05) is 38.1 Å². The van der Waals surface area contributed by atoms with Crippen LogP contribution in [-0.4, -0.2) is 58.2 Å². The molecule has 1 saturated heterocycles. The first kappa shape index (κ1) is 22.9. The van der Waals surface area contributed by atoms with Crippen LogP contribution < -0.4 is 10.1 Å². The predicted octanol–water partition coefficient (Wildman–Crippen LogP) is 4.83. The van der Waals surface area contributed by atoms with Gasteiger partial charge in [-0.3, -0.25) is 4.90 Å². The zero-order chi connectivity index (χ0) is 24.0. The Labute approximate surface area is 205 Å². The molecule has 7 nitrogen and oxygen atoms in total. The summed E-state index contributed by atoms with van der Waals surface area (Å²) in [6.45, 7) is 6.97. The van der Waals surface area contributed by atoms with Gasteiger partial charge >= 0.3 is 6.03 Å². The van der Waals surface area contributed by atoms with E-state index < -0.39 is 0 Å². The molecular formula is C28H31N5O2. The van der Waals surface area contributed by atoms with Crippen molar-refractivity contribution in [2.45, 2.75) is 20.0 Å². The van der Waals surface area contributed by atoms with Crippen molar-refractivity contribution in [3.05, 3.63) is 90.3 Å². The molecule has 1 aliphatic rings. The lowest BCUT2D eigenvalue weighted by atomic mass is 10.2. The monoisotopic (exact) mass is 469 g/mol. The van der Waals surface area contributed by atoms with Gasteiger partial charge in [-0.25, -0.2) is 9.78 Å². The van der Waals surface area contributed by atoms with Gasteiger partial charge in [-0.1, -0.05) is 54.6 Å². The Hall–Kier alpha value is -3.84. The van der Waals surface area contributed by atoms with Crippen LogP contribution in [0.5, 0.6) is 5.75 Å². The topological polar surface area (TPSA) is 62.6 Å². The van der Waals surface area contributed by atoms with E-state index in [4.69, 9.17) is 9.72 Å². The van der Waals surface area contributed by atoms with Crippen molar-refractivity contribution < 1.29 is 9.53 Å². The number of rotatable bonds is 7. The van der Waals surface area contributed by atoms with Crippen molar-refractivity contribution in [1.29, 1.82) is 0 Å². The van der Waals surface area contributed by atoms with Crippen molar-refractivity contribution in [3.63, 3.8) is 0 Å². The second-order valence-electron chi connectivity index (χ2n) is 8.71. The van der Waals surface area contributed by atoms with Crippen LogP contribution in [0.15, 0.2) is 78.9 Å². The van der Waals surface area contributed by atoms with Crippen molar-refractivity contribution >= 4 is 22.8 Å². The first-order valence-corrected chi connectivity index (χ1v) is 12.2. The number of imidazole rings is 1. The fourth-order valence-electron chi connectivity index (χ4n) is 4.54. The number of para-hydroxylation sites is 4. The molecule has 0 saturated carbocycles. The van der Waals surface area contributed by atoms with Gasteiger partial charge in [0.05, 0.1) is 29.9 Å². The standard InChI is InChI=1S/C28H31N5O2/c1-2-35-26-15-9-7-13-24(26)30-28(34)32-18-16-31(17-19-32)21-27-29-23-12-6-8-14-25(23)33(27)20-22-10-4-3-5-11-22/h3-15H,2,16-21H2,1H3,(H,30,34). The Morgan fingerprint density at radius 1 is 0.886 bits per heavy atom. The molecule has 0 aliphatic carbocycles. The molecule has 0 unspecified atom stereocenters. The van der Waals surface area contributed by atoms with E-state index in [1.54, 1.807) is 0 Å². The summed E-state index contributed by atoms with van der Waals surface area (Å²) in [5, 5.41) is 3.01. The van der Waals surface area contributed by atoms with Crippen molar-refractivity contribution in [3.8, 4) is 5.75 Å². The second-order valence-corrected chi connectivity index (χ2v) is 8.71. The van der Waals surface area contributed by atoms with Crippen LogP contribution in [-0.2, 0) is 13.1 Å². The number of carbonyl (C=O) groups excluding carboxylic acids is 1. The molecule has 0 radical (unpaired) electrons. The molecule has 4 aromatic rings. The van der Waals surface area contributed by atoms with Crippen LogP contribution in [0.25, 0.3) is 11.0 Å². The molecule has 0 bridgehead atoms. The zero-order valence-electron chi connectivity index (χ0n) is 20.1. The molecule has 1 N–H and O–H groups in total. The van der Waals surface area contributed by atoms with E-state index in [0.29, 0.717) is 31.1 Å². The van der Waals surface area contributed by atoms with Crippen LogP contribution in [0.4, 0.5) is 10.5 Å². The number of nitrogens with one attached hydrogen (secondary N) is 1. The van der Waals surface area contributed by atoms with Crippen LogP contribution in [0.2, 0.25) is 0 Å². The Balaban J connectivity index is 1.24. The number of urea groups is 1. The first-order valence-electron chi connectivity index (χ1n) is 12.2. The lowest BCUT2D eigenvalue weighted by Crippen LogP contribution is -2.49. The van der Waals surface area contributed by atoms with E-state index in [1.807, 2.05) is 48.2 Å². The zero-order valence-corrected chi connectivity index (χ0v) is 20.1. The fourth-order valence-corrected chi connectivity index (χ4v) is 4.54. The lowest BCUT2D eigenvalue weighted by molar-refractivity contribution is 0.140. The van der Waals surface area contributed by atoms with Gasteiger partial charge in [0, 0.05) is 32.7 Å². The third-order valence-electron chi connectivity index (χ3n) is 6.37. The maximum Gasteiger partial charge on any atom is 0.322 e. The summed E-state index contributed by atoms with van der Waals surface area (Å²) >= 11 is 0. The van der Waals surface area contributed by atoms with Gasteiger partial charge in [-0.2, -0.15) is 0 Å². The van der Waals surface area contributed by atoms with E-state index in [9.17, 15) is 4.79 Å². The average Bonchev–Trinajstić information content (AvgIpc) is 3.23. The van der Waals surface area contributed by atoms with Gasteiger partial charge in [0.25, 0.3) is 0 Å². The molecule has 7 heteroatoms. The number of hydrogen-bond donors (Lipinski definition) is 1. The minimum atomic E-state index is -0.0897. The molecule has 2 amide bonds. The largest absolute Gasteiger partial charge is 0.492 e. The van der Waals surface area contributed by atoms with Crippen molar-refractivity contribution in [2.24, 2.45) is 0 Å². The maximum absolute atomic E-state index is 12.9. The molecule has 1 fully saturated rings. The lowest BCUT2D eigenvalue weighted by Gasteiger charge is -2.34. The molecule has 2 heterocycles. The van der Waals surface area contributed by atoms with E-state index in [0.717, 1.165) is 43.0 Å². The molecule has 35 heavy (non-hydrogen) atoms. The number of anilines is 1. The molecule has 180 valence electrons. The third kappa shape index (κ3) is 5.30. The van der Waals surface area contributed by atoms with Crippen molar-refractivity contribution in [1.82, 2.24) is 19.4 Å². The third-order valence-corrected chi connectivity index (χ3v) is 6.37. The molecule has 0 atom stereocenters. The van der Waals surface area contributed by atoms with Gasteiger partial charge in [0.1, 0.15) is 11.6 Å². The Bertz CT molecular complexity index is 1280. The number of amides is 2. The highest BCUT2D eigenvalue weighted by Crippen LogP contribution is 2.24. The highest BCUT2D eigenvalue weighted by atomic mass is 16.5. The Morgan fingerprint density at radius 3 is 2.40 bits per heavy atom. The maximum atomic E-state index is 12.9. The van der Waals surface area contributed by atoms with Gasteiger partial charge < -0.3 is 19.5 Å². The number of carbonyl (C=O) groups is 1. The second kappa shape index (κ2) is 10.6. The van der Waals surface area contributed by atoms with Crippen LogP contribution in [0.1, 0.15) is 18.3 Å². The summed E-state index contributed by atoms with van der Waals surface area (Å²) in [5.41, 5.74) is 4.13. The number of ether oxygens (including phenoxy) is 1. The molecule has 1 aliphatic heterocycles.